The average Bonchev–Trinajstić information content (AvgIpc) is 1.59. The van der Waals surface area contributed by atoms with Gasteiger partial charge in [-0.05, 0) is 191 Å². The highest BCUT2D eigenvalue weighted by atomic mass is 15.0. The van der Waals surface area contributed by atoms with Crippen LogP contribution in [-0.2, 0) is 0 Å². The second-order valence-corrected chi connectivity index (χ2v) is 28.6. The van der Waals surface area contributed by atoms with E-state index >= 15 is 0 Å². The van der Waals surface area contributed by atoms with Crippen molar-refractivity contribution in [2.75, 3.05) is 0 Å². The van der Waals surface area contributed by atoms with E-state index in [0.717, 1.165) is 5.69 Å². The van der Waals surface area contributed by atoms with Crippen molar-refractivity contribution in [2.24, 2.45) is 0 Å². The molecular weight excluding hydrogens is 1340 g/mol. The first-order valence-electron chi connectivity index (χ1n) is 38.2. The Morgan fingerprint density at radius 2 is 0.324 bits per heavy atom. The Labute approximate surface area is 645 Å². The van der Waals surface area contributed by atoms with E-state index in [-0.39, 0.29) is 0 Å². The van der Waals surface area contributed by atoms with Gasteiger partial charge >= 0.3 is 0 Å². The zero-order chi connectivity index (χ0) is 73.6. The van der Waals surface area contributed by atoms with Crippen LogP contribution >= 0.6 is 0 Å². The molecule has 0 aliphatic carbocycles. The van der Waals surface area contributed by atoms with E-state index in [1.165, 1.54) is 187 Å². The monoisotopic (exact) mass is 1410 g/mol. The molecular formula is C108H73N3. The van der Waals surface area contributed by atoms with Crippen LogP contribution in [0.15, 0.2) is 443 Å². The summed E-state index contributed by atoms with van der Waals surface area (Å²) in [6.45, 7) is 0. The van der Waals surface area contributed by atoms with Crippen molar-refractivity contribution in [1.29, 1.82) is 0 Å². The molecule has 3 aromatic heterocycles. The molecule has 0 amide bonds. The van der Waals surface area contributed by atoms with Gasteiger partial charge in [0, 0.05) is 65.5 Å². The third kappa shape index (κ3) is 12.0. The van der Waals surface area contributed by atoms with Gasteiger partial charge in [0.05, 0.1) is 33.1 Å². The van der Waals surface area contributed by atoms with Crippen molar-refractivity contribution in [3.63, 3.8) is 0 Å². The fourth-order valence-corrected chi connectivity index (χ4v) is 17.1. The van der Waals surface area contributed by atoms with Crippen molar-refractivity contribution in [3.05, 3.63) is 443 Å². The molecule has 22 rings (SSSR count). The Balaban J connectivity index is 0.000000111. The predicted octanol–water partition coefficient (Wildman–Crippen LogP) is 29.5. The quantitative estimate of drug-likeness (QED) is 0.130. The molecule has 0 aliphatic heterocycles. The van der Waals surface area contributed by atoms with E-state index in [1.807, 2.05) is 0 Å². The van der Waals surface area contributed by atoms with Crippen molar-refractivity contribution in [2.45, 2.75) is 0 Å². The number of hydrogen-bond donors (Lipinski definition) is 0. The molecule has 0 saturated heterocycles. The van der Waals surface area contributed by atoms with Gasteiger partial charge in [0.25, 0.3) is 0 Å². The smallest absolute Gasteiger partial charge is 0.0619 e. The molecule has 3 heterocycles. The number of benzene rings is 19. The fourth-order valence-electron chi connectivity index (χ4n) is 17.1. The topological polar surface area (TPSA) is 14.8 Å². The zero-order valence-corrected chi connectivity index (χ0v) is 61.0. The highest BCUT2D eigenvalue weighted by Gasteiger charge is 2.23. The summed E-state index contributed by atoms with van der Waals surface area (Å²) in [5.74, 6) is 0. The Hall–Kier alpha value is -14.6. The minimum atomic E-state index is 1.16. The molecule has 0 aliphatic rings. The van der Waals surface area contributed by atoms with Crippen molar-refractivity contribution in [1.82, 2.24) is 13.7 Å². The van der Waals surface area contributed by atoms with Gasteiger partial charge in [-0.15, -0.1) is 0 Å². The highest BCUT2D eigenvalue weighted by Crippen LogP contribution is 2.47. The SMILES string of the molecule is c1ccc(-c2cc(-c3ccccc3)cc(-c3cc4c5ccccc5n(-c5ccccc5)c4c4ccccc34)c2)cc1.c1ccc(-c2cc(-c3ccccc3)cc(-n3c4ccccc4c4cc(-c5ccccc5)c5ccccc5c43)c2)cc1.c1ccc(-c2cc3c4ccccc4n(-c4ccccc4)c3c3ccccc23)cc1. The van der Waals surface area contributed by atoms with Crippen LogP contribution in [0.1, 0.15) is 0 Å². The lowest BCUT2D eigenvalue weighted by atomic mass is 9.90. The van der Waals surface area contributed by atoms with Crippen LogP contribution in [-0.4, -0.2) is 13.7 Å². The maximum atomic E-state index is 2.47. The number of aromatic nitrogens is 3. The molecule has 0 fully saturated rings. The summed E-state index contributed by atoms with van der Waals surface area (Å²) in [5.41, 5.74) is 28.2. The minimum Gasteiger partial charge on any atom is -0.309 e. The Kier molecular flexibility index (Phi) is 17.0. The van der Waals surface area contributed by atoms with E-state index < -0.39 is 0 Å². The van der Waals surface area contributed by atoms with Crippen LogP contribution in [0.5, 0.6) is 0 Å². The van der Waals surface area contributed by atoms with Gasteiger partial charge < -0.3 is 13.7 Å². The molecule has 0 atom stereocenters. The Morgan fingerprint density at radius 1 is 0.117 bits per heavy atom. The Bertz CT molecular complexity index is 7070. The summed E-state index contributed by atoms with van der Waals surface area (Å²) < 4.78 is 7.30. The lowest BCUT2D eigenvalue weighted by Crippen LogP contribution is -1.97. The molecule has 111 heavy (non-hydrogen) atoms. The number of rotatable bonds is 10. The zero-order valence-electron chi connectivity index (χ0n) is 61.0. The summed E-state index contributed by atoms with van der Waals surface area (Å²) >= 11 is 0. The largest absolute Gasteiger partial charge is 0.309 e. The fraction of sp³-hybridized carbons (Fsp3) is 0. The maximum Gasteiger partial charge on any atom is 0.0619 e. The first-order valence-corrected chi connectivity index (χ1v) is 38.2. The maximum absolute atomic E-state index is 2.47. The third-order valence-electron chi connectivity index (χ3n) is 22.1. The molecule has 0 radical (unpaired) electrons. The average molecular weight is 1410 g/mol. The van der Waals surface area contributed by atoms with Crippen LogP contribution in [0.25, 0.3) is 193 Å². The lowest BCUT2D eigenvalue weighted by Gasteiger charge is -2.16. The lowest BCUT2D eigenvalue weighted by molar-refractivity contribution is 1.19. The first-order chi connectivity index (χ1) is 55.1. The third-order valence-corrected chi connectivity index (χ3v) is 22.1. The molecule has 3 heteroatoms. The summed E-state index contributed by atoms with van der Waals surface area (Å²) in [7, 11) is 0. The molecule has 0 saturated carbocycles. The molecule has 0 N–H and O–H groups in total. The highest BCUT2D eigenvalue weighted by molar-refractivity contribution is 6.25. The van der Waals surface area contributed by atoms with Gasteiger partial charge in [0.15, 0.2) is 0 Å². The summed E-state index contributed by atoms with van der Waals surface area (Å²) in [6.07, 6.45) is 0. The van der Waals surface area contributed by atoms with E-state index in [4.69, 9.17) is 0 Å². The minimum absolute atomic E-state index is 1.16. The van der Waals surface area contributed by atoms with Crippen LogP contribution < -0.4 is 0 Å². The van der Waals surface area contributed by atoms with Gasteiger partial charge in [0.2, 0.25) is 0 Å². The van der Waals surface area contributed by atoms with Crippen molar-refractivity contribution in [3.8, 4) is 95.0 Å². The second-order valence-electron chi connectivity index (χ2n) is 28.6. The molecule has 0 unspecified atom stereocenters. The number of fused-ring (bicyclic) bond motifs is 15. The van der Waals surface area contributed by atoms with Crippen LogP contribution in [0.2, 0.25) is 0 Å². The van der Waals surface area contributed by atoms with E-state index in [2.05, 4.69) is 457 Å². The summed E-state index contributed by atoms with van der Waals surface area (Å²) in [6, 6.07) is 160. The van der Waals surface area contributed by atoms with E-state index in [1.54, 1.807) is 0 Å². The van der Waals surface area contributed by atoms with Crippen molar-refractivity contribution >= 4 is 97.7 Å². The van der Waals surface area contributed by atoms with Gasteiger partial charge in [-0.2, -0.15) is 0 Å². The number of nitrogens with zero attached hydrogens (tertiary/aromatic N) is 3. The molecule has 0 bridgehead atoms. The van der Waals surface area contributed by atoms with Crippen LogP contribution in [0, 0.1) is 0 Å². The van der Waals surface area contributed by atoms with Gasteiger partial charge in [-0.1, -0.05) is 346 Å². The van der Waals surface area contributed by atoms with Crippen LogP contribution in [0.3, 0.4) is 0 Å². The number of hydrogen-bond acceptors (Lipinski definition) is 0. The molecule has 19 aromatic carbocycles. The molecule has 22 aromatic rings. The molecule has 520 valence electrons. The first kappa shape index (κ1) is 65.8. The second kappa shape index (κ2) is 28.6. The van der Waals surface area contributed by atoms with Gasteiger partial charge in [-0.3, -0.25) is 0 Å². The van der Waals surface area contributed by atoms with Gasteiger partial charge in [-0.25, -0.2) is 0 Å². The van der Waals surface area contributed by atoms with E-state index in [0.29, 0.717) is 0 Å². The Morgan fingerprint density at radius 3 is 0.622 bits per heavy atom. The summed E-state index contributed by atoms with van der Waals surface area (Å²) in [4.78, 5) is 0. The predicted molar refractivity (Wildman–Crippen MR) is 473 cm³/mol. The normalized spacial score (nSPS) is 11.4. The number of para-hydroxylation sites is 5. The van der Waals surface area contributed by atoms with E-state index in [9.17, 15) is 0 Å². The summed E-state index contributed by atoms with van der Waals surface area (Å²) in [5, 5.41) is 15.2. The van der Waals surface area contributed by atoms with Crippen molar-refractivity contribution < 1.29 is 0 Å². The van der Waals surface area contributed by atoms with Gasteiger partial charge in [0.1, 0.15) is 0 Å². The standard InChI is InChI=1S/2C40H27N.C28H19N/c1-4-14-28(15-5-1)30-24-31(29-16-6-2-7-17-29)26-32(25-30)37-27-38-35-21-12-13-23-39(35)41(33-18-8-3-9-19-33)40(38)36-22-11-10-20-34(36)37;1-4-14-28(15-5-1)31-24-32(29-16-6-2-7-17-29)26-33(25-31)41-39-23-13-12-21-35(39)38-27-37(30-18-8-3-9-19-30)34-20-10-11-22-36(34)40(38)41;1-3-11-20(12-4-1)25-19-26-23-16-9-10-18-27(23)29(21-13-5-2-6-14-21)28(26)24-17-8-7-15-22(24)25/h2*1-27H;1-19H. The molecule has 0 spiro atoms. The van der Waals surface area contributed by atoms with Crippen LogP contribution in [0.4, 0.5) is 0 Å². The molecule has 3 nitrogen and oxygen atoms in total.